The molecule has 0 spiro atoms. The Morgan fingerprint density at radius 3 is 2.30 bits per heavy atom. The van der Waals surface area contributed by atoms with Gasteiger partial charge in [-0.2, -0.15) is 0 Å². The Balaban J connectivity index is 1.69. The van der Waals surface area contributed by atoms with Crippen LogP contribution in [0.5, 0.6) is 0 Å². The largest absolute Gasteiger partial charge is 0.351 e. The van der Waals surface area contributed by atoms with Crippen molar-refractivity contribution in [1.82, 2.24) is 5.32 Å². The van der Waals surface area contributed by atoms with E-state index in [0.29, 0.717) is 17.7 Å². The van der Waals surface area contributed by atoms with Gasteiger partial charge < -0.3 is 5.32 Å². The number of sulfonamides is 1. The van der Waals surface area contributed by atoms with Gasteiger partial charge in [-0.1, -0.05) is 55.5 Å². The number of anilines is 1. The minimum atomic E-state index is -3.70. The van der Waals surface area contributed by atoms with E-state index < -0.39 is 14.9 Å². The predicted octanol–water partition coefficient (Wildman–Crippen LogP) is 4.09. The van der Waals surface area contributed by atoms with Gasteiger partial charge in [-0.05, 0) is 35.2 Å². The first kappa shape index (κ1) is 23.9. The number of nitro groups is 1. The average Bonchev–Trinajstić information content (AvgIpc) is 2.81. The number of carbonyl (C=O) groups excluding carboxylic acids is 1. The molecule has 3 rings (SSSR count). The van der Waals surface area contributed by atoms with Gasteiger partial charge in [0.05, 0.1) is 23.4 Å². The van der Waals surface area contributed by atoms with Crippen molar-refractivity contribution in [3.63, 3.8) is 0 Å². The van der Waals surface area contributed by atoms with Crippen LogP contribution in [0.2, 0.25) is 0 Å². The molecule has 9 heteroatoms. The zero-order chi connectivity index (χ0) is 24.0. The van der Waals surface area contributed by atoms with Crippen LogP contribution >= 0.6 is 0 Å². The van der Waals surface area contributed by atoms with Crippen LogP contribution in [-0.4, -0.2) is 32.0 Å². The van der Waals surface area contributed by atoms with Crippen molar-refractivity contribution in [3.8, 4) is 0 Å². The first-order valence-corrected chi connectivity index (χ1v) is 12.1. The number of hydrogen-bond donors (Lipinski definition) is 1. The molecule has 0 heterocycles. The van der Waals surface area contributed by atoms with Crippen LogP contribution in [0, 0.1) is 10.1 Å². The van der Waals surface area contributed by atoms with E-state index in [1.54, 1.807) is 24.3 Å². The monoisotopic (exact) mass is 467 g/mol. The number of benzene rings is 3. The number of amides is 1. The molecule has 0 unspecified atom stereocenters. The fourth-order valence-electron chi connectivity index (χ4n) is 3.34. The molecule has 0 aliphatic heterocycles. The van der Waals surface area contributed by atoms with Crippen molar-refractivity contribution < 1.29 is 18.1 Å². The molecular weight excluding hydrogens is 442 g/mol. The number of non-ortho nitro benzene ring substituents is 1. The van der Waals surface area contributed by atoms with E-state index >= 15 is 0 Å². The van der Waals surface area contributed by atoms with Crippen LogP contribution in [0.3, 0.4) is 0 Å². The summed E-state index contributed by atoms with van der Waals surface area (Å²) in [6.07, 6.45) is 1.04. The second kappa shape index (κ2) is 10.3. The van der Waals surface area contributed by atoms with E-state index in [-0.39, 0.29) is 29.7 Å². The summed E-state index contributed by atoms with van der Waals surface area (Å²) in [6.45, 7) is 2.50. The second-order valence-electron chi connectivity index (χ2n) is 7.77. The molecule has 0 aliphatic rings. The van der Waals surface area contributed by atoms with Gasteiger partial charge in [0.1, 0.15) is 0 Å². The highest BCUT2D eigenvalue weighted by atomic mass is 32.2. The first-order chi connectivity index (χ1) is 15.6. The molecule has 3 aromatic carbocycles. The lowest BCUT2D eigenvalue weighted by atomic mass is 10.0. The summed E-state index contributed by atoms with van der Waals surface area (Å²) in [5.74, 6) is -0.0596. The maximum absolute atomic E-state index is 12.5. The summed E-state index contributed by atoms with van der Waals surface area (Å²) in [4.78, 5) is 23.0. The van der Waals surface area contributed by atoms with E-state index in [2.05, 4.69) is 5.32 Å². The number of nitro benzene ring substituents is 1. The van der Waals surface area contributed by atoms with Crippen molar-refractivity contribution in [2.75, 3.05) is 17.1 Å². The molecule has 1 amide bonds. The van der Waals surface area contributed by atoms with Gasteiger partial charge in [0, 0.05) is 24.2 Å². The van der Waals surface area contributed by atoms with Gasteiger partial charge in [0.25, 0.3) is 11.6 Å². The standard InChI is InChI=1S/C24H25N3O5S/c1-18(20-7-4-3-5-8-20)16-25-24(28)21-13-11-19(12-14-21)17-26(33(2,31)32)22-9-6-10-23(15-22)27(29)30/h3-15,18H,16-17H2,1-2H3,(H,25,28)/t18-/m0/s1. The van der Waals surface area contributed by atoms with Crippen molar-refractivity contribution >= 4 is 27.3 Å². The molecule has 0 fully saturated rings. The maximum atomic E-state index is 12.5. The lowest BCUT2D eigenvalue weighted by Crippen LogP contribution is -2.29. The third-order valence-electron chi connectivity index (χ3n) is 5.21. The molecule has 3 aromatic rings. The Morgan fingerprint density at radius 1 is 1.03 bits per heavy atom. The van der Waals surface area contributed by atoms with Crippen LogP contribution in [0.1, 0.15) is 34.3 Å². The molecule has 1 atom stereocenters. The summed E-state index contributed by atoms with van der Waals surface area (Å²) in [5.41, 5.74) is 2.23. The smallest absolute Gasteiger partial charge is 0.271 e. The summed E-state index contributed by atoms with van der Waals surface area (Å²) in [7, 11) is -3.70. The molecule has 0 bridgehead atoms. The maximum Gasteiger partial charge on any atom is 0.271 e. The van der Waals surface area contributed by atoms with E-state index in [0.717, 1.165) is 16.1 Å². The molecule has 0 radical (unpaired) electrons. The molecule has 0 aromatic heterocycles. The van der Waals surface area contributed by atoms with Crippen LogP contribution in [-0.2, 0) is 16.6 Å². The fraction of sp³-hybridized carbons (Fsp3) is 0.208. The number of rotatable bonds is 9. The van der Waals surface area contributed by atoms with Gasteiger partial charge in [-0.25, -0.2) is 8.42 Å². The topological polar surface area (TPSA) is 110 Å². The zero-order valence-corrected chi connectivity index (χ0v) is 19.2. The Morgan fingerprint density at radius 2 is 1.70 bits per heavy atom. The van der Waals surface area contributed by atoms with Crippen molar-refractivity contribution in [3.05, 3.63) is 106 Å². The molecular formula is C24H25N3O5S. The fourth-order valence-corrected chi connectivity index (χ4v) is 4.22. The van der Waals surface area contributed by atoms with Crippen LogP contribution < -0.4 is 9.62 Å². The van der Waals surface area contributed by atoms with Crippen LogP contribution in [0.25, 0.3) is 0 Å². The Kier molecular flexibility index (Phi) is 7.44. The van der Waals surface area contributed by atoms with Crippen molar-refractivity contribution in [2.45, 2.75) is 19.4 Å². The zero-order valence-electron chi connectivity index (χ0n) is 18.3. The highest BCUT2D eigenvalue weighted by Gasteiger charge is 2.20. The van der Waals surface area contributed by atoms with E-state index in [1.807, 2.05) is 37.3 Å². The summed E-state index contributed by atoms with van der Waals surface area (Å²) >= 11 is 0. The van der Waals surface area contributed by atoms with Crippen molar-refractivity contribution in [1.29, 1.82) is 0 Å². The number of carbonyl (C=O) groups is 1. The first-order valence-electron chi connectivity index (χ1n) is 10.3. The van der Waals surface area contributed by atoms with Crippen molar-refractivity contribution in [2.24, 2.45) is 0 Å². The quantitative estimate of drug-likeness (QED) is 0.376. The van der Waals surface area contributed by atoms with E-state index in [1.165, 1.54) is 24.3 Å². The molecule has 172 valence electrons. The second-order valence-corrected chi connectivity index (χ2v) is 9.67. The number of nitrogens with one attached hydrogen (secondary N) is 1. The molecule has 8 nitrogen and oxygen atoms in total. The highest BCUT2D eigenvalue weighted by Crippen LogP contribution is 2.25. The molecule has 33 heavy (non-hydrogen) atoms. The summed E-state index contributed by atoms with van der Waals surface area (Å²) < 4.78 is 25.8. The lowest BCUT2D eigenvalue weighted by molar-refractivity contribution is -0.384. The van der Waals surface area contributed by atoms with Gasteiger partial charge in [0.15, 0.2) is 0 Å². The SMILES string of the molecule is C[C@@H](CNC(=O)c1ccc(CN(c2cccc([N+](=O)[O-])c2)S(C)(=O)=O)cc1)c1ccccc1. The summed E-state index contributed by atoms with van der Waals surface area (Å²) in [6, 6.07) is 22.0. The molecule has 1 N–H and O–H groups in total. The van der Waals surface area contributed by atoms with Gasteiger partial charge in [0.2, 0.25) is 10.0 Å². The van der Waals surface area contributed by atoms with Crippen LogP contribution in [0.4, 0.5) is 11.4 Å². The Hall–Kier alpha value is -3.72. The van der Waals surface area contributed by atoms with Crippen LogP contribution in [0.15, 0.2) is 78.9 Å². The van der Waals surface area contributed by atoms with E-state index in [4.69, 9.17) is 0 Å². The minimum Gasteiger partial charge on any atom is -0.351 e. The normalized spacial score (nSPS) is 12.1. The lowest BCUT2D eigenvalue weighted by Gasteiger charge is -2.22. The Bertz CT molecular complexity index is 1230. The van der Waals surface area contributed by atoms with Gasteiger partial charge in [-0.3, -0.25) is 19.2 Å². The summed E-state index contributed by atoms with van der Waals surface area (Å²) in [5, 5.41) is 14.0. The third kappa shape index (κ3) is 6.39. The minimum absolute atomic E-state index is 0.0209. The highest BCUT2D eigenvalue weighted by molar-refractivity contribution is 7.92. The Labute approximate surface area is 193 Å². The molecule has 0 saturated carbocycles. The van der Waals surface area contributed by atoms with Gasteiger partial charge in [-0.15, -0.1) is 0 Å². The predicted molar refractivity (Wildman–Crippen MR) is 128 cm³/mol. The van der Waals surface area contributed by atoms with Gasteiger partial charge >= 0.3 is 0 Å². The average molecular weight is 468 g/mol. The van der Waals surface area contributed by atoms with E-state index in [9.17, 15) is 23.3 Å². The third-order valence-corrected chi connectivity index (χ3v) is 6.35. The number of nitrogens with zero attached hydrogens (tertiary/aromatic N) is 2. The molecule has 0 saturated heterocycles. The number of hydrogen-bond acceptors (Lipinski definition) is 5. The molecule has 0 aliphatic carbocycles.